The van der Waals surface area contributed by atoms with Crippen LogP contribution in [0.1, 0.15) is 177 Å². The van der Waals surface area contributed by atoms with Gasteiger partial charge < -0.3 is 9.84 Å². The highest BCUT2D eigenvalue weighted by atomic mass is 16.5. The van der Waals surface area contributed by atoms with Crippen LogP contribution >= 0.6 is 0 Å². The van der Waals surface area contributed by atoms with E-state index in [1.54, 1.807) is 0 Å². The van der Waals surface area contributed by atoms with Gasteiger partial charge in [0.05, 0.1) is 6.10 Å². The fourth-order valence-electron chi connectivity index (χ4n) is 13.5. The van der Waals surface area contributed by atoms with Gasteiger partial charge in [0.25, 0.3) is 0 Å². The second-order valence-electron chi connectivity index (χ2n) is 18.8. The van der Waals surface area contributed by atoms with Crippen molar-refractivity contribution in [1.82, 2.24) is 0 Å². The van der Waals surface area contributed by atoms with Crippen LogP contribution in [0.3, 0.4) is 0 Å². The van der Waals surface area contributed by atoms with Gasteiger partial charge in [-0.1, -0.05) is 112 Å². The molecule has 45 heavy (non-hydrogen) atoms. The molecule has 0 amide bonds. The minimum absolute atomic E-state index is 0.0125. The van der Waals surface area contributed by atoms with Gasteiger partial charge in [-0.25, -0.2) is 0 Å². The van der Waals surface area contributed by atoms with E-state index >= 15 is 0 Å². The highest BCUT2D eigenvalue weighted by molar-refractivity contribution is 5.69. The maximum absolute atomic E-state index is 13.1. The first kappa shape index (κ1) is 35.5. The first-order valence-corrected chi connectivity index (χ1v) is 19.7. The van der Waals surface area contributed by atoms with E-state index in [9.17, 15) is 9.90 Å². The molecule has 0 saturated heterocycles. The summed E-state index contributed by atoms with van der Waals surface area (Å²) in [4.78, 5) is 13.1. The SMILES string of the molecule is C=C(C)[C@@H]1CC[C@@]2(C)[C@H]1[C@H]1CC[C@@H]3[C@@]4(C)CC[C@H](OC(=O)CCCCCCCCCCC)C(C)(C)[C@@H]4CC[C@@]3(C)[C@]1(C)C[C@@H]2O. The number of rotatable bonds is 12. The maximum atomic E-state index is 13.1. The quantitative estimate of drug-likeness (QED) is 0.133. The van der Waals surface area contributed by atoms with Gasteiger partial charge in [0.2, 0.25) is 0 Å². The molecule has 0 aromatic carbocycles. The number of carbonyl (C=O) groups is 1. The monoisotopic (exact) mass is 625 g/mol. The molecule has 0 heterocycles. The average Bonchev–Trinajstić information content (AvgIpc) is 3.33. The fraction of sp³-hybridized carbons (Fsp3) is 0.929. The minimum atomic E-state index is -0.216. The van der Waals surface area contributed by atoms with Crippen LogP contribution in [-0.4, -0.2) is 23.3 Å². The van der Waals surface area contributed by atoms with Gasteiger partial charge in [0, 0.05) is 11.8 Å². The Bertz CT molecular complexity index is 1060. The van der Waals surface area contributed by atoms with E-state index in [1.807, 2.05) is 0 Å². The number of carbonyl (C=O) groups excluding carboxylic acids is 1. The van der Waals surface area contributed by atoms with Gasteiger partial charge in [-0.3, -0.25) is 4.79 Å². The molecule has 5 rings (SSSR count). The summed E-state index contributed by atoms with van der Waals surface area (Å²) in [6.45, 7) is 24.1. The molecule has 0 aliphatic heterocycles. The van der Waals surface area contributed by atoms with E-state index < -0.39 is 0 Å². The molecule has 0 unspecified atom stereocenters. The maximum Gasteiger partial charge on any atom is 0.306 e. The lowest BCUT2D eigenvalue weighted by Crippen LogP contribution is -2.68. The Balaban J connectivity index is 1.24. The van der Waals surface area contributed by atoms with Crippen LogP contribution < -0.4 is 0 Å². The molecule has 3 heteroatoms. The second-order valence-corrected chi connectivity index (χ2v) is 18.8. The van der Waals surface area contributed by atoms with Crippen molar-refractivity contribution in [1.29, 1.82) is 0 Å². The van der Waals surface area contributed by atoms with E-state index in [-0.39, 0.29) is 45.3 Å². The highest BCUT2D eigenvalue weighted by Gasteiger charge is 2.72. The van der Waals surface area contributed by atoms with Crippen LogP contribution in [0.4, 0.5) is 0 Å². The summed E-state index contributed by atoms with van der Waals surface area (Å²) in [5, 5.41) is 11.9. The normalized spacial score (nSPS) is 45.1. The van der Waals surface area contributed by atoms with Gasteiger partial charge in [-0.15, -0.1) is 0 Å². The van der Waals surface area contributed by atoms with Crippen molar-refractivity contribution < 1.29 is 14.6 Å². The predicted molar refractivity (Wildman–Crippen MR) is 188 cm³/mol. The molecule has 0 spiro atoms. The topological polar surface area (TPSA) is 46.5 Å². The van der Waals surface area contributed by atoms with Crippen LogP contribution in [0.25, 0.3) is 0 Å². The number of fused-ring (bicyclic) bond motifs is 7. The molecular formula is C42H72O3. The second kappa shape index (κ2) is 13.2. The Morgan fingerprint density at radius 1 is 0.756 bits per heavy atom. The number of aliphatic hydroxyl groups excluding tert-OH is 1. The molecule has 5 fully saturated rings. The van der Waals surface area contributed by atoms with Crippen molar-refractivity contribution in [3.63, 3.8) is 0 Å². The van der Waals surface area contributed by atoms with Crippen LogP contribution in [0.15, 0.2) is 12.2 Å². The zero-order valence-corrected chi connectivity index (χ0v) is 30.9. The van der Waals surface area contributed by atoms with Crippen molar-refractivity contribution >= 4 is 5.97 Å². The predicted octanol–water partition coefficient (Wildman–Crippen LogP) is 11.5. The zero-order valence-electron chi connectivity index (χ0n) is 30.9. The number of hydrogen-bond donors (Lipinski definition) is 1. The Morgan fingerprint density at radius 3 is 2.02 bits per heavy atom. The number of allylic oxidation sites excluding steroid dienone is 1. The standard InChI is InChI=1S/C42H72O3/c1-10-11-12-13-14-15-16-17-18-19-36(44)45-35-24-26-39(6)32(38(35,4)5)23-27-41(8)33(39)21-20-31-37-30(29(2)3)22-25-40(37,7)34(43)28-42(31,41)9/h30-35,37,43H,2,10-28H2,1,3-9H3/t30-,31+,32-,33+,34-,35-,37+,39-,40+,41+,42+/m0/s1. The fourth-order valence-corrected chi connectivity index (χ4v) is 13.5. The minimum Gasteiger partial charge on any atom is -0.462 e. The van der Waals surface area contributed by atoms with E-state index in [0.717, 1.165) is 38.5 Å². The molecular weight excluding hydrogens is 552 g/mol. The zero-order chi connectivity index (χ0) is 32.8. The number of aliphatic hydroxyl groups is 1. The van der Waals surface area contributed by atoms with Crippen molar-refractivity contribution in [2.24, 2.45) is 56.7 Å². The lowest BCUT2D eigenvalue weighted by Gasteiger charge is -2.73. The lowest BCUT2D eigenvalue weighted by atomic mass is 9.32. The summed E-state index contributed by atoms with van der Waals surface area (Å²) in [5.74, 6) is 3.05. The molecule has 5 saturated carbocycles. The Kier molecular flexibility index (Phi) is 10.4. The third-order valence-corrected chi connectivity index (χ3v) is 16.3. The summed E-state index contributed by atoms with van der Waals surface area (Å²) in [6.07, 6.45) is 22.4. The summed E-state index contributed by atoms with van der Waals surface area (Å²) < 4.78 is 6.37. The van der Waals surface area contributed by atoms with Gasteiger partial charge in [0.1, 0.15) is 6.10 Å². The van der Waals surface area contributed by atoms with E-state index in [0.29, 0.717) is 36.0 Å². The molecule has 5 aliphatic carbocycles. The third kappa shape index (κ3) is 5.92. The number of ether oxygens (including phenoxy) is 1. The molecule has 11 atom stereocenters. The molecule has 258 valence electrons. The average molecular weight is 625 g/mol. The van der Waals surface area contributed by atoms with E-state index in [2.05, 4.69) is 62.0 Å². The Morgan fingerprint density at radius 2 is 1.38 bits per heavy atom. The molecule has 5 aliphatic rings. The Labute approximate surface area is 278 Å². The van der Waals surface area contributed by atoms with Crippen LogP contribution in [-0.2, 0) is 9.53 Å². The Hall–Kier alpha value is -0.830. The largest absolute Gasteiger partial charge is 0.462 e. The van der Waals surface area contributed by atoms with Crippen LogP contribution in [0.5, 0.6) is 0 Å². The van der Waals surface area contributed by atoms with Gasteiger partial charge in [-0.2, -0.15) is 0 Å². The van der Waals surface area contributed by atoms with Crippen molar-refractivity contribution in [3.05, 3.63) is 12.2 Å². The third-order valence-electron chi connectivity index (χ3n) is 16.3. The summed E-state index contributed by atoms with van der Waals surface area (Å²) in [6, 6.07) is 0. The smallest absolute Gasteiger partial charge is 0.306 e. The summed E-state index contributed by atoms with van der Waals surface area (Å²) in [7, 11) is 0. The molecule has 0 aromatic rings. The van der Waals surface area contributed by atoms with Crippen molar-refractivity contribution in [3.8, 4) is 0 Å². The van der Waals surface area contributed by atoms with Crippen molar-refractivity contribution in [2.45, 2.75) is 190 Å². The van der Waals surface area contributed by atoms with Crippen LogP contribution in [0.2, 0.25) is 0 Å². The molecule has 1 N–H and O–H groups in total. The van der Waals surface area contributed by atoms with Gasteiger partial charge >= 0.3 is 5.97 Å². The molecule has 0 aromatic heterocycles. The summed E-state index contributed by atoms with van der Waals surface area (Å²) >= 11 is 0. The number of hydrogen-bond acceptors (Lipinski definition) is 3. The van der Waals surface area contributed by atoms with E-state index in [4.69, 9.17) is 4.74 Å². The lowest BCUT2D eigenvalue weighted by molar-refractivity contribution is -0.262. The van der Waals surface area contributed by atoms with Crippen molar-refractivity contribution in [2.75, 3.05) is 0 Å². The van der Waals surface area contributed by atoms with E-state index in [1.165, 1.54) is 82.6 Å². The summed E-state index contributed by atoms with van der Waals surface area (Å²) in [5.41, 5.74) is 1.99. The van der Waals surface area contributed by atoms with Gasteiger partial charge in [-0.05, 0) is 122 Å². The van der Waals surface area contributed by atoms with Gasteiger partial charge in [0.15, 0.2) is 0 Å². The van der Waals surface area contributed by atoms with Crippen LogP contribution in [0, 0.1) is 56.7 Å². The number of unbranched alkanes of at least 4 members (excludes halogenated alkanes) is 8. The molecule has 0 bridgehead atoms. The highest BCUT2D eigenvalue weighted by Crippen LogP contribution is 2.77. The first-order chi connectivity index (χ1) is 21.2. The number of esters is 1. The molecule has 0 radical (unpaired) electrons. The first-order valence-electron chi connectivity index (χ1n) is 19.7. The molecule has 3 nitrogen and oxygen atoms in total.